The van der Waals surface area contributed by atoms with Crippen LogP contribution in [0.3, 0.4) is 0 Å². The Bertz CT molecular complexity index is 1130. The normalized spacial score (nSPS) is 29.6. The Morgan fingerprint density at radius 3 is 2.56 bits per heavy atom. The van der Waals surface area contributed by atoms with E-state index in [0.29, 0.717) is 6.61 Å². The monoisotopic (exact) mass is 487 g/mol. The number of para-hydroxylation sites is 1. The van der Waals surface area contributed by atoms with E-state index in [2.05, 4.69) is 0 Å². The van der Waals surface area contributed by atoms with Crippen LogP contribution in [0.2, 0.25) is 0 Å². The fraction of sp³-hybridized carbons (Fsp3) is 0.440. The van der Waals surface area contributed by atoms with Gasteiger partial charge >= 0.3 is 0 Å². The highest BCUT2D eigenvalue weighted by molar-refractivity contribution is 7.99. The van der Waals surface area contributed by atoms with E-state index in [4.69, 9.17) is 14.2 Å². The predicted molar refractivity (Wildman–Crippen MR) is 126 cm³/mol. The van der Waals surface area contributed by atoms with Crippen LogP contribution < -0.4 is 4.74 Å². The van der Waals surface area contributed by atoms with Gasteiger partial charge in [-0.1, -0.05) is 30.0 Å². The van der Waals surface area contributed by atoms with Gasteiger partial charge in [0, 0.05) is 27.8 Å². The Morgan fingerprint density at radius 2 is 1.85 bits per heavy atom. The van der Waals surface area contributed by atoms with Crippen molar-refractivity contribution in [1.82, 2.24) is 4.57 Å². The lowest BCUT2D eigenvalue weighted by Crippen LogP contribution is -2.56. The molecule has 1 aromatic heterocycles. The number of aryl methyl sites for hydroxylation is 1. The summed E-state index contributed by atoms with van der Waals surface area (Å²) in [7, 11) is 0. The third-order valence-corrected chi connectivity index (χ3v) is 7.45. The highest BCUT2D eigenvalue weighted by Gasteiger charge is 2.44. The van der Waals surface area contributed by atoms with Gasteiger partial charge in [0.05, 0.1) is 25.3 Å². The molecule has 0 aliphatic carbocycles. The topological polar surface area (TPSA) is 114 Å². The van der Waals surface area contributed by atoms with E-state index in [-0.39, 0.29) is 6.10 Å². The van der Waals surface area contributed by atoms with Crippen molar-refractivity contribution >= 4 is 22.7 Å². The quantitative estimate of drug-likeness (QED) is 0.419. The summed E-state index contributed by atoms with van der Waals surface area (Å²) in [5.74, 6) is 0.805. The van der Waals surface area contributed by atoms with Gasteiger partial charge in [-0.25, -0.2) is 0 Å². The Labute approximate surface area is 201 Å². The maximum atomic E-state index is 10.7. The number of aromatic nitrogens is 1. The molecule has 2 aliphatic heterocycles. The molecule has 3 heterocycles. The number of rotatable bonds is 6. The highest BCUT2D eigenvalue weighted by Crippen LogP contribution is 2.40. The molecule has 2 fully saturated rings. The molecule has 2 aliphatic rings. The van der Waals surface area contributed by atoms with Crippen LogP contribution in [0.15, 0.2) is 58.5 Å². The van der Waals surface area contributed by atoms with E-state index in [1.54, 1.807) is 16.3 Å². The van der Waals surface area contributed by atoms with Gasteiger partial charge in [-0.3, -0.25) is 0 Å². The number of aliphatic hydroxyl groups is 4. The first-order valence-electron chi connectivity index (χ1n) is 11.4. The molecule has 2 saturated heterocycles. The number of hydrogen-bond acceptors (Lipinski definition) is 8. The third kappa shape index (κ3) is 4.45. The second-order valence-corrected chi connectivity index (χ2v) is 9.88. The molecule has 0 amide bonds. The summed E-state index contributed by atoms with van der Waals surface area (Å²) in [5, 5.41) is 41.8. The molecule has 182 valence electrons. The predicted octanol–water partition coefficient (Wildman–Crippen LogP) is 2.24. The number of ether oxygens (including phenoxy) is 3. The van der Waals surface area contributed by atoms with Crippen LogP contribution in [0.1, 0.15) is 18.2 Å². The number of benzene rings is 2. The first kappa shape index (κ1) is 23.6. The van der Waals surface area contributed by atoms with Gasteiger partial charge in [0.1, 0.15) is 36.3 Å². The van der Waals surface area contributed by atoms with Crippen LogP contribution in [0.5, 0.6) is 5.75 Å². The molecule has 3 aromatic rings. The van der Waals surface area contributed by atoms with Gasteiger partial charge in [-0.05, 0) is 36.8 Å². The van der Waals surface area contributed by atoms with Crippen molar-refractivity contribution in [3.05, 3.63) is 54.2 Å². The summed E-state index contributed by atoms with van der Waals surface area (Å²) in [6, 6.07) is 13.8. The molecular weight excluding hydrogens is 458 g/mol. The van der Waals surface area contributed by atoms with Crippen molar-refractivity contribution in [3.63, 3.8) is 0 Å². The minimum Gasteiger partial charge on any atom is -0.488 e. The SMILES string of the molecule is Cc1cccc2c(Sc3ccc(OC4CCOC4)cc3)cn([C@@H]3O[C@H](CO)[C@@H](O)[C@H](O)[C@H]3O)c12. The minimum atomic E-state index is -1.44. The zero-order chi connectivity index (χ0) is 23.8. The minimum absolute atomic E-state index is 0.0954. The average molecular weight is 488 g/mol. The Hall–Kier alpha value is -2.11. The number of aliphatic hydroxyl groups excluding tert-OH is 4. The zero-order valence-electron chi connectivity index (χ0n) is 18.8. The van der Waals surface area contributed by atoms with Gasteiger partial charge < -0.3 is 39.2 Å². The van der Waals surface area contributed by atoms with E-state index < -0.39 is 37.3 Å². The van der Waals surface area contributed by atoms with E-state index in [9.17, 15) is 20.4 Å². The first-order valence-corrected chi connectivity index (χ1v) is 12.2. The maximum Gasteiger partial charge on any atom is 0.163 e. The summed E-state index contributed by atoms with van der Waals surface area (Å²) in [4.78, 5) is 1.97. The molecule has 9 heteroatoms. The van der Waals surface area contributed by atoms with Crippen molar-refractivity contribution in [2.45, 2.75) is 59.9 Å². The van der Waals surface area contributed by atoms with E-state index in [1.165, 1.54) is 0 Å². The Morgan fingerprint density at radius 1 is 1.06 bits per heavy atom. The van der Waals surface area contributed by atoms with E-state index >= 15 is 0 Å². The summed E-state index contributed by atoms with van der Waals surface area (Å²) in [6.07, 6.45) is -3.25. The summed E-state index contributed by atoms with van der Waals surface area (Å²) >= 11 is 1.57. The molecule has 8 nitrogen and oxygen atoms in total. The summed E-state index contributed by atoms with van der Waals surface area (Å²) < 4.78 is 18.9. The van der Waals surface area contributed by atoms with Crippen molar-refractivity contribution in [3.8, 4) is 5.75 Å². The van der Waals surface area contributed by atoms with Gasteiger partial charge in [0.25, 0.3) is 0 Å². The zero-order valence-corrected chi connectivity index (χ0v) is 19.6. The van der Waals surface area contributed by atoms with Crippen molar-refractivity contribution in [2.24, 2.45) is 0 Å². The van der Waals surface area contributed by atoms with Crippen LogP contribution in [-0.4, -0.2) is 75.3 Å². The van der Waals surface area contributed by atoms with Crippen molar-refractivity contribution < 1.29 is 34.6 Å². The van der Waals surface area contributed by atoms with E-state index in [0.717, 1.165) is 45.0 Å². The molecule has 0 bridgehead atoms. The van der Waals surface area contributed by atoms with Crippen LogP contribution in [0.25, 0.3) is 10.9 Å². The smallest absolute Gasteiger partial charge is 0.163 e. The van der Waals surface area contributed by atoms with E-state index in [1.807, 2.05) is 55.6 Å². The second kappa shape index (κ2) is 9.87. The van der Waals surface area contributed by atoms with Crippen molar-refractivity contribution in [1.29, 1.82) is 0 Å². The highest BCUT2D eigenvalue weighted by atomic mass is 32.2. The maximum absolute atomic E-state index is 10.7. The second-order valence-electron chi connectivity index (χ2n) is 8.77. The van der Waals surface area contributed by atoms with Gasteiger partial charge in [0.15, 0.2) is 6.23 Å². The molecule has 0 radical (unpaired) electrons. The number of nitrogens with zero attached hydrogens (tertiary/aromatic N) is 1. The third-order valence-electron chi connectivity index (χ3n) is 6.40. The van der Waals surface area contributed by atoms with Gasteiger partial charge in [0.2, 0.25) is 0 Å². The van der Waals surface area contributed by atoms with Crippen LogP contribution >= 0.6 is 11.8 Å². The molecule has 0 saturated carbocycles. The summed E-state index contributed by atoms with van der Waals surface area (Å²) in [6.45, 7) is 2.85. The standard InChI is InChI=1S/C25H29NO7S/c1-14-3-2-4-18-20(34-17-7-5-15(6-8-17)32-16-9-10-31-13-16)11-26(21(14)18)25-24(30)23(29)22(28)19(12-27)33-25/h2-8,11,16,19,22-25,27-30H,9-10,12-13H2,1H3/t16?,19-,22-,23+,24-,25-/m1/s1. The fourth-order valence-electron chi connectivity index (χ4n) is 4.57. The fourth-order valence-corrected chi connectivity index (χ4v) is 5.53. The lowest BCUT2D eigenvalue weighted by molar-refractivity contribution is -0.250. The Balaban J connectivity index is 1.44. The summed E-state index contributed by atoms with van der Waals surface area (Å²) in [5.41, 5.74) is 1.83. The molecular formula is C25H29NO7S. The lowest BCUT2D eigenvalue weighted by atomic mass is 9.98. The largest absolute Gasteiger partial charge is 0.488 e. The molecule has 1 unspecified atom stereocenters. The molecule has 0 spiro atoms. The lowest BCUT2D eigenvalue weighted by Gasteiger charge is -2.40. The molecule has 5 rings (SSSR count). The molecule has 2 aromatic carbocycles. The van der Waals surface area contributed by atoms with Crippen molar-refractivity contribution in [2.75, 3.05) is 19.8 Å². The van der Waals surface area contributed by atoms with Crippen LogP contribution in [-0.2, 0) is 9.47 Å². The molecule has 6 atom stereocenters. The number of fused-ring (bicyclic) bond motifs is 1. The van der Waals surface area contributed by atoms with Gasteiger partial charge in [-0.2, -0.15) is 0 Å². The number of hydrogen-bond donors (Lipinski definition) is 4. The average Bonchev–Trinajstić information content (AvgIpc) is 3.48. The first-order chi connectivity index (χ1) is 16.5. The molecule has 34 heavy (non-hydrogen) atoms. The Kier molecular flexibility index (Phi) is 6.85. The van der Waals surface area contributed by atoms with Gasteiger partial charge in [-0.15, -0.1) is 0 Å². The molecule has 4 N–H and O–H groups in total. The van der Waals surface area contributed by atoms with Crippen LogP contribution in [0, 0.1) is 6.92 Å². The van der Waals surface area contributed by atoms with Crippen LogP contribution in [0.4, 0.5) is 0 Å².